The van der Waals surface area contributed by atoms with Crippen molar-refractivity contribution in [2.75, 3.05) is 20.3 Å². The minimum Gasteiger partial charge on any atom is -0.481 e. The topological polar surface area (TPSA) is 66.8 Å². The molecule has 0 saturated heterocycles. The highest BCUT2D eigenvalue weighted by molar-refractivity contribution is 5.79. The van der Waals surface area contributed by atoms with Crippen molar-refractivity contribution in [2.24, 2.45) is 5.41 Å². The van der Waals surface area contributed by atoms with Crippen LogP contribution in [0.3, 0.4) is 0 Å². The van der Waals surface area contributed by atoms with E-state index in [9.17, 15) is 14.7 Å². The van der Waals surface area contributed by atoms with Crippen molar-refractivity contribution in [3.63, 3.8) is 0 Å². The van der Waals surface area contributed by atoms with Gasteiger partial charge in [-0.2, -0.15) is 0 Å². The fourth-order valence-electron chi connectivity index (χ4n) is 3.55. The molecular formula is C16H27NO4. The molecule has 2 fully saturated rings. The maximum atomic E-state index is 12.7. The van der Waals surface area contributed by atoms with Crippen LogP contribution in [0.2, 0.25) is 0 Å². The Morgan fingerprint density at radius 3 is 2.38 bits per heavy atom. The van der Waals surface area contributed by atoms with E-state index in [0.717, 1.165) is 44.9 Å². The minimum atomic E-state index is -0.778. The summed E-state index contributed by atoms with van der Waals surface area (Å²) in [6.45, 7) is 1.18. The molecule has 2 rings (SSSR count). The molecule has 120 valence electrons. The number of hydrogen-bond donors (Lipinski definition) is 1. The quantitative estimate of drug-likeness (QED) is 0.747. The Hall–Kier alpha value is -1.10. The standard InChI is InChI=1S/C16H27NO4/c1-21-10-9-17(13-5-6-13)14(18)11-16(12-15(19)20)7-3-2-4-8-16/h13H,2-12H2,1H3,(H,19,20). The predicted molar refractivity (Wildman–Crippen MR) is 79.0 cm³/mol. The third-order valence-corrected chi connectivity index (χ3v) is 4.81. The van der Waals surface area contributed by atoms with Gasteiger partial charge in [-0.05, 0) is 31.1 Å². The molecule has 0 radical (unpaired) electrons. The molecule has 0 spiro atoms. The zero-order chi connectivity index (χ0) is 15.3. The molecule has 0 unspecified atom stereocenters. The monoisotopic (exact) mass is 297 g/mol. The second kappa shape index (κ2) is 7.25. The largest absolute Gasteiger partial charge is 0.481 e. The van der Waals surface area contributed by atoms with Crippen LogP contribution >= 0.6 is 0 Å². The lowest BCUT2D eigenvalue weighted by atomic mass is 9.69. The Kier molecular flexibility index (Phi) is 5.62. The summed E-state index contributed by atoms with van der Waals surface area (Å²) >= 11 is 0. The van der Waals surface area contributed by atoms with E-state index in [2.05, 4.69) is 0 Å². The van der Waals surface area contributed by atoms with Gasteiger partial charge in [0.05, 0.1) is 13.0 Å². The lowest BCUT2D eigenvalue weighted by molar-refractivity contribution is -0.143. The van der Waals surface area contributed by atoms with Gasteiger partial charge in [0.15, 0.2) is 0 Å². The Morgan fingerprint density at radius 2 is 1.86 bits per heavy atom. The van der Waals surface area contributed by atoms with E-state index in [1.807, 2.05) is 4.90 Å². The van der Waals surface area contributed by atoms with Gasteiger partial charge in [0.1, 0.15) is 0 Å². The molecule has 0 aromatic rings. The van der Waals surface area contributed by atoms with Crippen molar-refractivity contribution in [1.82, 2.24) is 4.90 Å². The van der Waals surface area contributed by atoms with Crippen LogP contribution in [0.25, 0.3) is 0 Å². The van der Waals surface area contributed by atoms with Gasteiger partial charge < -0.3 is 14.7 Å². The maximum Gasteiger partial charge on any atom is 0.303 e. The molecule has 0 aliphatic heterocycles. The number of nitrogens with zero attached hydrogens (tertiary/aromatic N) is 1. The highest BCUT2D eigenvalue weighted by Crippen LogP contribution is 2.43. The lowest BCUT2D eigenvalue weighted by Gasteiger charge is -2.37. The molecule has 0 heterocycles. The van der Waals surface area contributed by atoms with Gasteiger partial charge in [0.2, 0.25) is 5.91 Å². The van der Waals surface area contributed by atoms with Gasteiger partial charge in [0.25, 0.3) is 0 Å². The summed E-state index contributed by atoms with van der Waals surface area (Å²) in [4.78, 5) is 25.8. The van der Waals surface area contributed by atoms with Crippen LogP contribution in [0.5, 0.6) is 0 Å². The fourth-order valence-corrected chi connectivity index (χ4v) is 3.55. The first-order chi connectivity index (χ1) is 10.1. The van der Waals surface area contributed by atoms with Crippen LogP contribution in [0.15, 0.2) is 0 Å². The van der Waals surface area contributed by atoms with Crippen LogP contribution in [-0.2, 0) is 14.3 Å². The SMILES string of the molecule is COCCN(C(=O)CC1(CC(=O)O)CCCCC1)C1CC1. The zero-order valence-electron chi connectivity index (χ0n) is 13.0. The third-order valence-electron chi connectivity index (χ3n) is 4.81. The number of ether oxygens (including phenoxy) is 1. The summed E-state index contributed by atoms with van der Waals surface area (Å²) in [5, 5.41) is 9.20. The number of carbonyl (C=O) groups excluding carboxylic acids is 1. The smallest absolute Gasteiger partial charge is 0.303 e. The minimum absolute atomic E-state index is 0.123. The van der Waals surface area contributed by atoms with Crippen LogP contribution < -0.4 is 0 Å². The summed E-state index contributed by atoms with van der Waals surface area (Å²) < 4.78 is 5.09. The van der Waals surface area contributed by atoms with Gasteiger partial charge in [-0.3, -0.25) is 9.59 Å². The highest BCUT2D eigenvalue weighted by Gasteiger charge is 2.40. The number of carboxylic acids is 1. The molecule has 5 heteroatoms. The van der Waals surface area contributed by atoms with E-state index in [4.69, 9.17) is 4.74 Å². The van der Waals surface area contributed by atoms with E-state index >= 15 is 0 Å². The molecule has 2 saturated carbocycles. The predicted octanol–water partition coefficient (Wildman–Crippen LogP) is 2.44. The Bertz CT molecular complexity index is 372. The normalized spacial score (nSPS) is 21.0. The van der Waals surface area contributed by atoms with E-state index < -0.39 is 5.97 Å². The number of amides is 1. The van der Waals surface area contributed by atoms with E-state index in [1.54, 1.807) is 7.11 Å². The van der Waals surface area contributed by atoms with Crippen molar-refractivity contribution in [3.8, 4) is 0 Å². The Labute approximate surface area is 126 Å². The maximum absolute atomic E-state index is 12.7. The highest BCUT2D eigenvalue weighted by atomic mass is 16.5. The van der Waals surface area contributed by atoms with Gasteiger partial charge in [-0.15, -0.1) is 0 Å². The molecule has 1 amide bonds. The van der Waals surface area contributed by atoms with Crippen molar-refractivity contribution in [2.45, 2.75) is 63.8 Å². The van der Waals surface area contributed by atoms with E-state index in [1.165, 1.54) is 0 Å². The summed E-state index contributed by atoms with van der Waals surface area (Å²) in [6, 6.07) is 0.359. The summed E-state index contributed by atoms with van der Waals surface area (Å²) in [7, 11) is 1.64. The van der Waals surface area contributed by atoms with Crippen LogP contribution in [-0.4, -0.2) is 48.2 Å². The van der Waals surface area contributed by atoms with Gasteiger partial charge in [-0.25, -0.2) is 0 Å². The number of hydrogen-bond acceptors (Lipinski definition) is 3. The Balaban J connectivity index is 2.00. The second-order valence-corrected chi connectivity index (χ2v) is 6.62. The molecule has 2 aliphatic carbocycles. The second-order valence-electron chi connectivity index (χ2n) is 6.62. The first kappa shape index (κ1) is 16.3. The molecule has 0 aromatic carbocycles. The van der Waals surface area contributed by atoms with Crippen molar-refractivity contribution >= 4 is 11.9 Å². The van der Waals surface area contributed by atoms with E-state index in [-0.39, 0.29) is 17.7 Å². The number of aliphatic carboxylic acids is 1. The number of methoxy groups -OCH3 is 1. The third kappa shape index (κ3) is 4.70. The number of carbonyl (C=O) groups is 2. The number of rotatable bonds is 8. The van der Waals surface area contributed by atoms with Gasteiger partial charge in [-0.1, -0.05) is 19.3 Å². The molecule has 0 bridgehead atoms. The summed E-state index contributed by atoms with van der Waals surface area (Å²) in [6.07, 6.45) is 7.64. The molecule has 5 nitrogen and oxygen atoms in total. The van der Waals surface area contributed by atoms with E-state index in [0.29, 0.717) is 25.6 Å². The molecule has 1 N–H and O–H groups in total. The molecule has 0 aromatic heterocycles. The van der Waals surface area contributed by atoms with Gasteiger partial charge in [0, 0.05) is 26.1 Å². The van der Waals surface area contributed by atoms with Crippen LogP contribution in [0.1, 0.15) is 57.8 Å². The Morgan fingerprint density at radius 1 is 1.19 bits per heavy atom. The van der Waals surface area contributed by atoms with Gasteiger partial charge >= 0.3 is 5.97 Å². The van der Waals surface area contributed by atoms with Crippen LogP contribution in [0.4, 0.5) is 0 Å². The number of carboxylic acid groups (broad SMARTS) is 1. The fraction of sp³-hybridized carbons (Fsp3) is 0.875. The first-order valence-electron chi connectivity index (χ1n) is 8.06. The molecule has 0 atom stereocenters. The first-order valence-corrected chi connectivity index (χ1v) is 8.06. The average molecular weight is 297 g/mol. The van der Waals surface area contributed by atoms with Crippen LogP contribution in [0, 0.1) is 5.41 Å². The lowest BCUT2D eigenvalue weighted by Crippen LogP contribution is -2.40. The molecular weight excluding hydrogens is 270 g/mol. The van der Waals surface area contributed by atoms with Crippen molar-refractivity contribution in [3.05, 3.63) is 0 Å². The summed E-state index contributed by atoms with van der Waals surface area (Å²) in [5.74, 6) is -0.655. The van der Waals surface area contributed by atoms with Crippen molar-refractivity contribution in [1.29, 1.82) is 0 Å². The molecule has 21 heavy (non-hydrogen) atoms. The average Bonchev–Trinajstić information content (AvgIpc) is 3.23. The van der Waals surface area contributed by atoms with Crippen molar-refractivity contribution < 1.29 is 19.4 Å². The molecule has 2 aliphatic rings. The zero-order valence-corrected chi connectivity index (χ0v) is 13.0. The summed E-state index contributed by atoms with van der Waals surface area (Å²) in [5.41, 5.74) is -0.318.